The van der Waals surface area contributed by atoms with Crippen molar-refractivity contribution in [3.05, 3.63) is 101 Å². The summed E-state index contributed by atoms with van der Waals surface area (Å²) in [5.74, 6) is -0.478. The van der Waals surface area contributed by atoms with Gasteiger partial charge in [-0.1, -0.05) is 36.4 Å². The number of nitrogens with zero attached hydrogens (tertiary/aromatic N) is 2. The fraction of sp³-hybridized carbons (Fsp3) is 0.357. The molecule has 0 aromatic heterocycles. The first-order valence-electron chi connectivity index (χ1n) is 12.2. The third-order valence-corrected chi connectivity index (χ3v) is 6.96. The van der Waals surface area contributed by atoms with E-state index in [1.54, 1.807) is 36.2 Å². The molecule has 0 atom stereocenters. The minimum absolute atomic E-state index is 0.239. The maximum atomic E-state index is 13.3. The summed E-state index contributed by atoms with van der Waals surface area (Å²) in [6.45, 7) is 8.04. The maximum Gasteiger partial charge on any atom is 0.123 e. The number of ether oxygens (including phenoxy) is 1. The lowest BCUT2D eigenvalue weighted by Gasteiger charge is -2.26. The lowest BCUT2D eigenvalue weighted by atomic mass is 10.2. The van der Waals surface area contributed by atoms with Crippen molar-refractivity contribution in [2.45, 2.75) is 31.0 Å². The maximum absolute atomic E-state index is 13.3. The smallest absolute Gasteiger partial charge is 0.123 e. The Morgan fingerprint density at radius 2 is 1.31 bits per heavy atom. The molecule has 0 bridgehead atoms. The van der Waals surface area contributed by atoms with Gasteiger partial charge < -0.3 is 10.1 Å². The van der Waals surface area contributed by atoms with E-state index in [0.29, 0.717) is 13.1 Å². The molecule has 1 N–H and O–H groups in total. The van der Waals surface area contributed by atoms with Crippen molar-refractivity contribution in [1.29, 1.82) is 0 Å². The summed E-state index contributed by atoms with van der Waals surface area (Å²) in [6, 6.07) is 21.8. The van der Waals surface area contributed by atoms with Crippen LogP contribution in [0.1, 0.15) is 23.1 Å². The van der Waals surface area contributed by atoms with E-state index in [0.717, 1.165) is 68.4 Å². The van der Waals surface area contributed by atoms with E-state index in [-0.39, 0.29) is 11.6 Å². The van der Waals surface area contributed by atoms with E-state index in [1.165, 1.54) is 29.8 Å². The van der Waals surface area contributed by atoms with Crippen LogP contribution >= 0.6 is 11.9 Å². The Kier molecular flexibility index (Phi) is 10.1. The zero-order valence-corrected chi connectivity index (χ0v) is 20.8. The van der Waals surface area contributed by atoms with Crippen molar-refractivity contribution < 1.29 is 13.5 Å². The highest BCUT2D eigenvalue weighted by Crippen LogP contribution is 2.27. The molecule has 186 valence electrons. The molecule has 0 unspecified atom stereocenters. The number of hydrogen-bond donors (Lipinski definition) is 1. The zero-order valence-electron chi connectivity index (χ0n) is 20.0. The molecule has 0 spiro atoms. The molecule has 0 amide bonds. The molecule has 3 aromatic rings. The lowest BCUT2D eigenvalue weighted by Crippen LogP contribution is -2.37. The predicted molar refractivity (Wildman–Crippen MR) is 138 cm³/mol. The minimum Gasteiger partial charge on any atom is -0.379 e. The first-order valence-corrected chi connectivity index (χ1v) is 12.9. The van der Waals surface area contributed by atoms with Crippen LogP contribution in [0.2, 0.25) is 0 Å². The average molecular weight is 498 g/mol. The molecule has 0 saturated carbocycles. The highest BCUT2D eigenvalue weighted by molar-refractivity contribution is 7.97. The molecule has 4 rings (SSSR count). The predicted octanol–water partition coefficient (Wildman–Crippen LogP) is 5.49. The molecule has 1 aliphatic rings. The third kappa shape index (κ3) is 9.02. The van der Waals surface area contributed by atoms with Crippen LogP contribution in [0.15, 0.2) is 77.7 Å². The summed E-state index contributed by atoms with van der Waals surface area (Å²) in [6.07, 6.45) is 1.13. The van der Waals surface area contributed by atoms with Gasteiger partial charge in [0, 0.05) is 37.6 Å². The summed E-state index contributed by atoms with van der Waals surface area (Å²) in [4.78, 5) is 3.59. The molecule has 3 aromatic carbocycles. The van der Waals surface area contributed by atoms with E-state index in [4.69, 9.17) is 4.74 Å². The molecule has 35 heavy (non-hydrogen) atoms. The van der Waals surface area contributed by atoms with Crippen LogP contribution < -0.4 is 5.32 Å². The van der Waals surface area contributed by atoms with Crippen LogP contribution in [0.5, 0.6) is 0 Å². The van der Waals surface area contributed by atoms with E-state index in [9.17, 15) is 8.78 Å². The molecule has 1 saturated heterocycles. The Labute approximate surface area is 211 Å². The second-order valence-corrected chi connectivity index (χ2v) is 9.94. The summed E-state index contributed by atoms with van der Waals surface area (Å²) in [5, 5.41) is 3.54. The van der Waals surface area contributed by atoms with Crippen LogP contribution in [0.3, 0.4) is 0 Å². The first kappa shape index (κ1) is 25.8. The van der Waals surface area contributed by atoms with Gasteiger partial charge in [-0.3, -0.25) is 4.90 Å². The standard InChI is InChI=1S/C28H33F2N3OS/c29-26-8-2-24(3-9-26)21-33(22-25-4-10-27(30)11-5-25)35-28-12-6-23(7-13-28)20-31-14-1-15-32-16-18-34-19-17-32/h2-13,31H,1,14-22H2. The molecular weight excluding hydrogens is 464 g/mol. The topological polar surface area (TPSA) is 27.7 Å². The molecular formula is C28H33F2N3OS. The van der Waals surface area contributed by atoms with Crippen molar-refractivity contribution in [3.8, 4) is 0 Å². The van der Waals surface area contributed by atoms with E-state index >= 15 is 0 Å². The van der Waals surface area contributed by atoms with Crippen LogP contribution in [-0.2, 0) is 24.4 Å². The molecule has 1 fully saturated rings. The number of halogens is 2. The van der Waals surface area contributed by atoms with Crippen molar-refractivity contribution >= 4 is 11.9 Å². The van der Waals surface area contributed by atoms with Gasteiger partial charge in [-0.05, 0) is 84.5 Å². The third-order valence-electron chi connectivity index (χ3n) is 5.96. The highest BCUT2D eigenvalue weighted by atomic mass is 32.2. The van der Waals surface area contributed by atoms with Crippen molar-refractivity contribution in [2.75, 3.05) is 39.4 Å². The Morgan fingerprint density at radius 3 is 1.89 bits per heavy atom. The minimum atomic E-state index is -0.239. The summed E-state index contributed by atoms with van der Waals surface area (Å²) in [5.41, 5.74) is 3.31. The van der Waals surface area contributed by atoms with Crippen LogP contribution in [0.25, 0.3) is 0 Å². The number of rotatable bonds is 12. The van der Waals surface area contributed by atoms with E-state index in [2.05, 4.69) is 38.8 Å². The summed E-state index contributed by atoms with van der Waals surface area (Å²) in [7, 11) is 0. The van der Waals surface area contributed by atoms with Crippen molar-refractivity contribution in [3.63, 3.8) is 0 Å². The monoisotopic (exact) mass is 497 g/mol. The van der Waals surface area contributed by atoms with Crippen LogP contribution in [-0.4, -0.2) is 48.6 Å². The van der Waals surface area contributed by atoms with Gasteiger partial charge in [-0.2, -0.15) is 0 Å². The van der Waals surface area contributed by atoms with Gasteiger partial charge in [0.2, 0.25) is 0 Å². The summed E-state index contributed by atoms with van der Waals surface area (Å²) >= 11 is 1.65. The van der Waals surface area contributed by atoms with Crippen LogP contribution in [0.4, 0.5) is 8.78 Å². The Balaban J connectivity index is 1.28. The van der Waals surface area contributed by atoms with Gasteiger partial charge in [0.1, 0.15) is 11.6 Å². The fourth-order valence-corrected chi connectivity index (χ4v) is 4.99. The van der Waals surface area contributed by atoms with Gasteiger partial charge in [0.05, 0.1) is 13.2 Å². The van der Waals surface area contributed by atoms with Gasteiger partial charge in [0.25, 0.3) is 0 Å². The molecule has 0 aliphatic carbocycles. The number of hydrogen-bond acceptors (Lipinski definition) is 5. The molecule has 7 heteroatoms. The van der Waals surface area contributed by atoms with Crippen molar-refractivity contribution in [2.24, 2.45) is 0 Å². The number of morpholine rings is 1. The van der Waals surface area contributed by atoms with Crippen LogP contribution in [0, 0.1) is 11.6 Å². The molecule has 0 radical (unpaired) electrons. The second-order valence-electron chi connectivity index (χ2n) is 8.77. The fourth-order valence-electron chi connectivity index (χ4n) is 4.01. The van der Waals surface area contributed by atoms with Gasteiger partial charge >= 0.3 is 0 Å². The highest BCUT2D eigenvalue weighted by Gasteiger charge is 2.11. The number of nitrogens with one attached hydrogen (secondary N) is 1. The van der Waals surface area contributed by atoms with Gasteiger partial charge in [-0.15, -0.1) is 0 Å². The quantitative estimate of drug-likeness (QED) is 0.264. The number of benzene rings is 3. The molecule has 4 nitrogen and oxygen atoms in total. The first-order chi connectivity index (χ1) is 17.1. The largest absolute Gasteiger partial charge is 0.379 e. The normalized spacial score (nSPS) is 14.5. The summed E-state index contributed by atoms with van der Waals surface area (Å²) < 4.78 is 34.3. The SMILES string of the molecule is Fc1ccc(CN(Cc2ccc(F)cc2)Sc2ccc(CNCCCN3CCOCC3)cc2)cc1. The van der Waals surface area contributed by atoms with E-state index < -0.39 is 0 Å². The average Bonchev–Trinajstić information content (AvgIpc) is 2.88. The Bertz CT molecular complexity index is 962. The van der Waals surface area contributed by atoms with Gasteiger partial charge in [0.15, 0.2) is 0 Å². The Morgan fingerprint density at radius 1 is 0.771 bits per heavy atom. The van der Waals surface area contributed by atoms with Crippen molar-refractivity contribution in [1.82, 2.24) is 14.5 Å². The zero-order chi connectivity index (χ0) is 24.3. The second kappa shape index (κ2) is 13.7. The lowest BCUT2D eigenvalue weighted by molar-refractivity contribution is 0.0374. The Hall–Kier alpha value is -2.29. The molecule has 1 heterocycles. The van der Waals surface area contributed by atoms with E-state index in [1.807, 2.05) is 0 Å². The van der Waals surface area contributed by atoms with Gasteiger partial charge in [-0.25, -0.2) is 13.1 Å². The molecule has 1 aliphatic heterocycles.